The normalized spacial score (nSPS) is 28.7. The van der Waals surface area contributed by atoms with Crippen LogP contribution in [0.4, 0.5) is 35.5 Å². The first kappa shape index (κ1) is 32.5. The van der Waals surface area contributed by atoms with E-state index in [-0.39, 0.29) is 30.3 Å². The van der Waals surface area contributed by atoms with Crippen LogP contribution in [-0.4, -0.2) is 69.9 Å². The highest BCUT2D eigenvalue weighted by atomic mass is 19.4. The molecule has 0 saturated carbocycles. The van der Waals surface area contributed by atoms with E-state index in [0.717, 1.165) is 17.7 Å². The minimum absolute atomic E-state index is 0.0629. The average Bonchev–Trinajstić information content (AvgIpc) is 3.22. The van der Waals surface area contributed by atoms with E-state index in [1.165, 1.54) is 26.1 Å². The van der Waals surface area contributed by atoms with Crippen molar-refractivity contribution in [3.63, 3.8) is 0 Å². The van der Waals surface area contributed by atoms with Crippen LogP contribution in [0.5, 0.6) is 0 Å². The van der Waals surface area contributed by atoms with Crippen LogP contribution in [0.1, 0.15) is 79.4 Å². The maximum absolute atomic E-state index is 14.1. The van der Waals surface area contributed by atoms with E-state index in [1.807, 2.05) is 0 Å². The number of fused-ring (bicyclic) bond motifs is 2. The first-order chi connectivity index (χ1) is 20.3. The quantitative estimate of drug-likeness (QED) is 0.369. The number of hydrogen-bond donors (Lipinski definition) is 1. The number of likely N-dealkylation sites (tertiary alicyclic amines) is 1. The van der Waals surface area contributed by atoms with E-state index < -0.39 is 59.2 Å². The van der Waals surface area contributed by atoms with Crippen molar-refractivity contribution in [3.05, 3.63) is 70.0 Å². The van der Waals surface area contributed by atoms with Crippen LogP contribution in [-0.2, 0) is 17.1 Å². The molecule has 13 heteroatoms. The van der Waals surface area contributed by atoms with Crippen molar-refractivity contribution < 1.29 is 45.4 Å². The van der Waals surface area contributed by atoms with Gasteiger partial charge in [0.05, 0.1) is 36.4 Å². The molecule has 5 atom stereocenters. The Hall–Kier alpha value is -2.90. The Balaban J connectivity index is 1.49. The summed E-state index contributed by atoms with van der Waals surface area (Å²) in [4.78, 5) is 19.1. The lowest BCUT2D eigenvalue weighted by Crippen LogP contribution is -2.64. The number of ether oxygens (including phenoxy) is 1. The van der Waals surface area contributed by atoms with Crippen molar-refractivity contribution in [3.8, 4) is 0 Å². The van der Waals surface area contributed by atoms with E-state index in [0.29, 0.717) is 42.7 Å². The van der Waals surface area contributed by atoms with Gasteiger partial charge in [-0.25, -0.2) is 9.18 Å². The number of carbonyl (C=O) groups excluding carboxylic acids is 1. The highest BCUT2D eigenvalue weighted by molar-refractivity contribution is 5.75. The number of alkyl halides is 6. The fourth-order valence-corrected chi connectivity index (χ4v) is 7.25. The number of urea groups is 1. The second kappa shape index (κ2) is 11.2. The summed E-state index contributed by atoms with van der Waals surface area (Å²) in [6.07, 6.45) is -8.46. The molecule has 44 heavy (non-hydrogen) atoms. The van der Waals surface area contributed by atoms with E-state index in [9.17, 15) is 40.6 Å². The molecule has 3 fully saturated rings. The fraction of sp³-hybridized carbons (Fsp3) is 0.581. The number of amides is 2. The van der Waals surface area contributed by atoms with Crippen molar-refractivity contribution in [2.24, 2.45) is 0 Å². The summed E-state index contributed by atoms with van der Waals surface area (Å²) < 4.78 is 101. The SMILES string of the molecule is Cc1cc(F)ccc1[C@H]1C[C@@]2(CCN1C(=O)N(C)[C@H](C)c1cc(C(F)(F)F)cc(C(F)(F)F)c1)CC[C@]1(C)COC(O)CN12. The van der Waals surface area contributed by atoms with E-state index in [4.69, 9.17) is 4.74 Å². The summed E-state index contributed by atoms with van der Waals surface area (Å²) >= 11 is 0. The van der Waals surface area contributed by atoms with Gasteiger partial charge in [0, 0.05) is 24.7 Å². The van der Waals surface area contributed by atoms with Crippen LogP contribution in [0.2, 0.25) is 0 Å². The third-order valence-corrected chi connectivity index (χ3v) is 9.86. The second-order valence-electron chi connectivity index (χ2n) is 12.7. The van der Waals surface area contributed by atoms with Gasteiger partial charge in [-0.05, 0) is 93.5 Å². The van der Waals surface area contributed by atoms with Gasteiger partial charge in [0.2, 0.25) is 0 Å². The van der Waals surface area contributed by atoms with Crippen LogP contribution < -0.4 is 0 Å². The second-order valence-corrected chi connectivity index (χ2v) is 12.7. The predicted molar refractivity (Wildman–Crippen MR) is 147 cm³/mol. The number of hydrogen-bond acceptors (Lipinski definition) is 4. The molecule has 0 radical (unpaired) electrons. The van der Waals surface area contributed by atoms with Gasteiger partial charge in [-0.1, -0.05) is 6.07 Å². The summed E-state index contributed by atoms with van der Waals surface area (Å²) in [6, 6.07) is 3.34. The van der Waals surface area contributed by atoms with Gasteiger partial charge in [0.15, 0.2) is 6.29 Å². The third-order valence-electron chi connectivity index (χ3n) is 9.86. The predicted octanol–water partition coefficient (Wildman–Crippen LogP) is 7.06. The summed E-state index contributed by atoms with van der Waals surface area (Å²) in [6.45, 7) is 6.05. The molecule has 3 aliphatic heterocycles. The minimum atomic E-state index is -5.02. The zero-order valence-corrected chi connectivity index (χ0v) is 24.9. The lowest BCUT2D eigenvalue weighted by atomic mass is 9.78. The number of rotatable bonds is 3. The summed E-state index contributed by atoms with van der Waals surface area (Å²) in [5.74, 6) is -0.449. The van der Waals surface area contributed by atoms with Crippen molar-refractivity contribution in [1.82, 2.24) is 14.7 Å². The van der Waals surface area contributed by atoms with Gasteiger partial charge in [-0.2, -0.15) is 26.3 Å². The first-order valence-electron chi connectivity index (χ1n) is 14.5. The van der Waals surface area contributed by atoms with Gasteiger partial charge in [0.1, 0.15) is 5.82 Å². The van der Waals surface area contributed by atoms with E-state index in [1.54, 1.807) is 17.9 Å². The molecule has 242 valence electrons. The van der Waals surface area contributed by atoms with Crippen LogP contribution in [0, 0.1) is 12.7 Å². The van der Waals surface area contributed by atoms with Crippen molar-refractivity contribution in [2.45, 2.75) is 88.3 Å². The van der Waals surface area contributed by atoms with Gasteiger partial charge < -0.3 is 19.6 Å². The number of carbonyl (C=O) groups is 1. The smallest absolute Gasteiger partial charge is 0.367 e. The average molecular weight is 632 g/mol. The van der Waals surface area contributed by atoms with Gasteiger partial charge >= 0.3 is 18.4 Å². The lowest BCUT2D eigenvalue weighted by Gasteiger charge is -2.54. The number of nitrogens with zero attached hydrogens (tertiary/aromatic N) is 3. The summed E-state index contributed by atoms with van der Waals surface area (Å²) in [5, 5.41) is 10.3. The molecule has 3 saturated heterocycles. The first-order valence-corrected chi connectivity index (χ1v) is 14.5. The molecule has 3 aliphatic rings. The van der Waals surface area contributed by atoms with E-state index in [2.05, 4.69) is 11.8 Å². The van der Waals surface area contributed by atoms with Crippen molar-refractivity contribution in [1.29, 1.82) is 0 Å². The molecule has 6 nitrogen and oxygen atoms in total. The van der Waals surface area contributed by atoms with Gasteiger partial charge in [-0.15, -0.1) is 0 Å². The van der Waals surface area contributed by atoms with Crippen molar-refractivity contribution >= 4 is 6.03 Å². The molecular formula is C31H36F7N3O3. The topological polar surface area (TPSA) is 56.3 Å². The molecule has 2 aromatic carbocycles. The Kier molecular flexibility index (Phi) is 8.24. The van der Waals surface area contributed by atoms with Crippen LogP contribution in [0.15, 0.2) is 36.4 Å². The summed E-state index contributed by atoms with van der Waals surface area (Å²) in [5.41, 5.74) is -2.64. The minimum Gasteiger partial charge on any atom is -0.367 e. The maximum atomic E-state index is 14.1. The molecule has 5 rings (SSSR count). The number of aliphatic hydroxyl groups excluding tert-OH is 1. The molecular weight excluding hydrogens is 595 g/mol. The molecule has 1 unspecified atom stereocenters. The number of aryl methyl sites for hydroxylation is 1. The Bertz CT molecular complexity index is 1380. The Labute approximate surface area is 251 Å². The third kappa shape index (κ3) is 5.90. The fourth-order valence-electron chi connectivity index (χ4n) is 7.25. The zero-order chi connectivity index (χ0) is 32.4. The number of halogens is 7. The number of aliphatic hydroxyl groups is 1. The number of benzene rings is 2. The lowest BCUT2D eigenvalue weighted by molar-refractivity contribution is -0.202. The highest BCUT2D eigenvalue weighted by Gasteiger charge is 2.58. The molecule has 2 aromatic rings. The standard InChI is InChI=1S/C31H36F7N3O3/c1-18-11-23(32)5-6-24(18)25-15-29(8-7-28(3)17-44-26(42)16-41(28)29)9-10-40(25)27(43)39(4)19(2)20-12-21(30(33,34)35)14-22(13-20)31(36,37)38/h5-6,11-14,19,25-26,42H,7-10,15-17H2,1-4H3/t19-,25-,26?,28-,29+/m1/s1. The molecule has 0 aliphatic carbocycles. The largest absolute Gasteiger partial charge is 0.416 e. The number of β-amino-alcohol motifs (C(OH)–C–C–N with tert-alkyl or cyclic N) is 1. The summed E-state index contributed by atoms with van der Waals surface area (Å²) in [7, 11) is 1.35. The Morgan fingerprint density at radius 3 is 2.27 bits per heavy atom. The monoisotopic (exact) mass is 631 g/mol. The van der Waals surface area contributed by atoms with Crippen LogP contribution in [0.25, 0.3) is 0 Å². The zero-order valence-electron chi connectivity index (χ0n) is 24.9. The van der Waals surface area contributed by atoms with Crippen LogP contribution in [0.3, 0.4) is 0 Å². The van der Waals surface area contributed by atoms with Crippen LogP contribution >= 0.6 is 0 Å². The highest BCUT2D eigenvalue weighted by Crippen LogP contribution is 2.53. The Morgan fingerprint density at radius 2 is 1.68 bits per heavy atom. The number of piperidine rings is 1. The molecule has 0 aromatic heterocycles. The number of morpholine rings is 1. The maximum Gasteiger partial charge on any atom is 0.416 e. The van der Waals surface area contributed by atoms with Gasteiger partial charge in [-0.3, -0.25) is 4.90 Å². The molecule has 0 bridgehead atoms. The molecule has 1 spiro atoms. The Morgan fingerprint density at radius 1 is 1.05 bits per heavy atom. The van der Waals surface area contributed by atoms with Gasteiger partial charge in [0.25, 0.3) is 0 Å². The van der Waals surface area contributed by atoms with E-state index >= 15 is 0 Å². The molecule has 3 heterocycles. The van der Waals surface area contributed by atoms with Crippen molar-refractivity contribution in [2.75, 3.05) is 26.7 Å². The molecule has 2 amide bonds. The molecule has 1 N–H and O–H groups in total.